The van der Waals surface area contributed by atoms with Gasteiger partial charge in [-0.1, -0.05) is 70.4 Å². The maximum absolute atomic E-state index is 12.8. The van der Waals surface area contributed by atoms with Crippen LogP contribution in [-0.4, -0.2) is 40.4 Å². The molecular formula is C30H40O10. The normalized spacial score (nSPS) is 10.8. The van der Waals surface area contributed by atoms with Crippen molar-refractivity contribution in [3.8, 4) is 23.0 Å². The third-order valence-electron chi connectivity index (χ3n) is 6.07. The van der Waals surface area contributed by atoms with Crippen LogP contribution in [0, 0.1) is 13.2 Å². The van der Waals surface area contributed by atoms with E-state index in [1.54, 1.807) is 36.4 Å². The van der Waals surface area contributed by atoms with Crippen LogP contribution in [0.25, 0.3) is 0 Å². The molecule has 10 heteroatoms. The molecule has 10 nitrogen and oxygen atoms in total. The number of hydrogen-bond acceptors (Lipinski definition) is 10. The number of carbonyl (C=O) groups excluding carboxylic acids is 2. The Morgan fingerprint density at radius 2 is 0.900 bits per heavy atom. The van der Waals surface area contributed by atoms with Crippen LogP contribution in [0.4, 0.5) is 0 Å². The Morgan fingerprint density at radius 1 is 0.550 bits per heavy atom. The van der Waals surface area contributed by atoms with E-state index >= 15 is 0 Å². The van der Waals surface area contributed by atoms with Crippen LogP contribution in [0.2, 0.25) is 0 Å². The van der Waals surface area contributed by atoms with Gasteiger partial charge in [-0.3, -0.25) is 9.78 Å². The van der Waals surface area contributed by atoms with Gasteiger partial charge in [0.15, 0.2) is 0 Å². The summed E-state index contributed by atoms with van der Waals surface area (Å²) in [6, 6.07) is 9.68. The lowest BCUT2D eigenvalue weighted by Crippen LogP contribution is -2.17. The van der Waals surface area contributed by atoms with E-state index in [4.69, 9.17) is 38.5 Å². The molecule has 0 unspecified atom stereocenters. The highest BCUT2D eigenvalue weighted by molar-refractivity contribution is 5.96. The third kappa shape index (κ3) is 10.2. The fourth-order valence-electron chi connectivity index (χ4n) is 3.96. The minimum absolute atomic E-state index is 0.0291. The number of benzene rings is 2. The van der Waals surface area contributed by atoms with E-state index in [-0.39, 0.29) is 46.8 Å². The lowest BCUT2D eigenvalue weighted by molar-refractivity contribution is -0.364. The van der Waals surface area contributed by atoms with Gasteiger partial charge < -0.3 is 18.9 Å². The van der Waals surface area contributed by atoms with Gasteiger partial charge in [0.05, 0.1) is 28.4 Å². The molecule has 0 atom stereocenters. The molecule has 2 radical (unpaired) electrons. The zero-order valence-electron chi connectivity index (χ0n) is 23.8. The molecule has 0 aromatic heterocycles. The van der Waals surface area contributed by atoms with Crippen LogP contribution < -0.4 is 18.9 Å². The summed E-state index contributed by atoms with van der Waals surface area (Å²) in [5, 5.41) is 0. The molecule has 0 fully saturated rings. The fraction of sp³-hybridized carbons (Fsp3) is 0.467. The second-order valence-electron chi connectivity index (χ2n) is 8.79. The van der Waals surface area contributed by atoms with Crippen LogP contribution in [0.3, 0.4) is 0 Å². The average molecular weight is 561 g/mol. The van der Waals surface area contributed by atoms with Crippen molar-refractivity contribution in [3.63, 3.8) is 0 Å². The van der Waals surface area contributed by atoms with E-state index in [2.05, 4.69) is 6.92 Å². The molecule has 0 spiro atoms. The van der Waals surface area contributed by atoms with Gasteiger partial charge in [0.25, 0.3) is 0 Å². The van der Waals surface area contributed by atoms with Gasteiger partial charge in [-0.15, -0.1) is 9.78 Å². The van der Waals surface area contributed by atoms with Gasteiger partial charge in [-0.05, 0) is 30.7 Å². The first-order valence-electron chi connectivity index (χ1n) is 13.3. The number of methoxy groups -OCH3 is 4. The van der Waals surface area contributed by atoms with Gasteiger partial charge in [0.1, 0.15) is 34.1 Å². The topological polar surface area (TPSA) is 108 Å². The molecule has 0 aliphatic carbocycles. The van der Waals surface area contributed by atoms with Gasteiger partial charge in [-0.25, -0.2) is 9.59 Å². The predicted molar refractivity (Wildman–Crippen MR) is 147 cm³/mol. The Balaban J connectivity index is 2.02. The second kappa shape index (κ2) is 18.7. The monoisotopic (exact) mass is 560 g/mol. The minimum atomic E-state index is -0.879. The Hall–Kier alpha value is -3.50. The molecule has 0 aliphatic rings. The first-order chi connectivity index (χ1) is 19.5. The smallest absolute Gasteiger partial charge is 0.380 e. The highest BCUT2D eigenvalue weighted by Crippen LogP contribution is 2.31. The molecule has 2 rings (SSSR count). The zero-order chi connectivity index (χ0) is 29.2. The summed E-state index contributed by atoms with van der Waals surface area (Å²) in [5.41, 5.74) is 0.0583. The minimum Gasteiger partial charge on any atom is -0.496 e. The standard InChI is InChI=1S/C30H40O10/c1-6-7-8-9-10-11-12-13-14-21-26(37-39-29(31)27-22(33-2)17-15-18-23(27)34-3)38-40-30(32)28-24(35-4)19-16-20-25(28)36-5/h15-20H,1,6-14,21H2,2-5H3. The number of ether oxygens (including phenoxy) is 4. The predicted octanol–water partition coefficient (Wildman–Crippen LogP) is 6.82. The summed E-state index contributed by atoms with van der Waals surface area (Å²) in [6.07, 6.45) is 9.38. The van der Waals surface area contributed by atoms with Crippen LogP contribution in [0.5, 0.6) is 23.0 Å². The molecule has 2 aromatic rings. The quantitative estimate of drug-likeness (QED) is 0.0972. The van der Waals surface area contributed by atoms with Crippen LogP contribution in [0.1, 0.15) is 84.9 Å². The van der Waals surface area contributed by atoms with Crippen LogP contribution in [-0.2, 0) is 19.6 Å². The van der Waals surface area contributed by atoms with Crippen molar-refractivity contribution in [3.05, 3.63) is 60.7 Å². The second-order valence-corrected chi connectivity index (χ2v) is 8.79. The van der Waals surface area contributed by atoms with Crippen molar-refractivity contribution in [1.82, 2.24) is 0 Å². The summed E-state index contributed by atoms with van der Waals surface area (Å²) < 4.78 is 21.0. The molecule has 0 N–H and O–H groups in total. The molecular weight excluding hydrogens is 520 g/mol. The summed E-state index contributed by atoms with van der Waals surface area (Å²) in [6.45, 7) is 3.87. The van der Waals surface area contributed by atoms with Gasteiger partial charge >= 0.3 is 18.2 Å². The molecule has 2 aromatic carbocycles. The average Bonchev–Trinajstić information content (AvgIpc) is 2.99. The Kier molecular flexibility index (Phi) is 15.3. The van der Waals surface area contributed by atoms with Gasteiger partial charge in [0.2, 0.25) is 0 Å². The number of carbonyl (C=O) groups is 2. The van der Waals surface area contributed by atoms with E-state index in [0.717, 1.165) is 32.1 Å². The summed E-state index contributed by atoms with van der Waals surface area (Å²) >= 11 is 0. The van der Waals surface area contributed by atoms with E-state index in [1.165, 1.54) is 47.7 Å². The maximum atomic E-state index is 12.8. The molecule has 40 heavy (non-hydrogen) atoms. The first kappa shape index (κ1) is 32.7. The maximum Gasteiger partial charge on any atom is 0.380 e. The van der Waals surface area contributed by atoms with Crippen molar-refractivity contribution in [1.29, 1.82) is 0 Å². The van der Waals surface area contributed by atoms with Crippen molar-refractivity contribution in [2.45, 2.75) is 64.2 Å². The SMILES string of the molecule is [CH2]CCCCCCCCCC[C](OOC(=O)c1c(OC)cccc1OC)OOC(=O)c1c(OC)cccc1OC. The number of rotatable bonds is 20. The number of hydrogen-bond donors (Lipinski definition) is 0. The van der Waals surface area contributed by atoms with E-state index in [1.807, 2.05) is 0 Å². The van der Waals surface area contributed by atoms with E-state index < -0.39 is 11.9 Å². The van der Waals surface area contributed by atoms with Crippen LogP contribution in [0.15, 0.2) is 36.4 Å². The molecule has 0 saturated heterocycles. The molecule has 220 valence electrons. The number of unbranched alkanes of at least 4 members (excludes halogenated alkanes) is 8. The van der Waals surface area contributed by atoms with Crippen molar-refractivity contribution < 1.29 is 48.1 Å². The van der Waals surface area contributed by atoms with Gasteiger partial charge in [0, 0.05) is 6.42 Å². The van der Waals surface area contributed by atoms with Crippen LogP contribution >= 0.6 is 0 Å². The summed E-state index contributed by atoms with van der Waals surface area (Å²) in [5.74, 6) is -0.813. The van der Waals surface area contributed by atoms with E-state index in [0.29, 0.717) is 6.42 Å². The first-order valence-corrected chi connectivity index (χ1v) is 13.3. The Bertz CT molecular complexity index is 923. The van der Waals surface area contributed by atoms with E-state index in [9.17, 15) is 9.59 Å². The highest BCUT2D eigenvalue weighted by atomic mass is 17.3. The van der Waals surface area contributed by atoms with Crippen molar-refractivity contribution in [2.75, 3.05) is 28.4 Å². The Labute approximate surface area is 236 Å². The zero-order valence-corrected chi connectivity index (χ0v) is 23.8. The lowest BCUT2D eigenvalue weighted by Gasteiger charge is -2.16. The Morgan fingerprint density at radius 3 is 1.25 bits per heavy atom. The molecule has 0 heterocycles. The van der Waals surface area contributed by atoms with Gasteiger partial charge in [-0.2, -0.15) is 0 Å². The summed E-state index contributed by atoms with van der Waals surface area (Å²) in [7, 11) is 5.67. The summed E-state index contributed by atoms with van der Waals surface area (Å²) in [4.78, 5) is 46.2. The third-order valence-corrected chi connectivity index (χ3v) is 6.07. The molecule has 0 aliphatic heterocycles. The fourth-order valence-corrected chi connectivity index (χ4v) is 3.96. The van der Waals surface area contributed by atoms with Crippen molar-refractivity contribution in [2.24, 2.45) is 0 Å². The largest absolute Gasteiger partial charge is 0.496 e. The highest BCUT2D eigenvalue weighted by Gasteiger charge is 2.27. The molecule has 0 amide bonds. The molecule has 0 saturated carbocycles. The molecule has 0 bridgehead atoms. The van der Waals surface area contributed by atoms with Crippen molar-refractivity contribution >= 4 is 11.9 Å². The lowest BCUT2D eigenvalue weighted by atomic mass is 10.1.